The highest BCUT2D eigenvalue weighted by Gasteiger charge is 2.60. The van der Waals surface area contributed by atoms with Crippen molar-refractivity contribution in [3.05, 3.63) is 190 Å². The Bertz CT molecular complexity index is 2790. The van der Waals surface area contributed by atoms with Crippen LogP contribution >= 0.6 is 0 Å². The molecule has 0 radical (unpaired) electrons. The molecule has 4 heteroatoms. The van der Waals surface area contributed by atoms with E-state index in [2.05, 4.69) is 236 Å². The third-order valence-corrected chi connectivity index (χ3v) is 23.6. The average molecular weight is 829 g/mol. The van der Waals surface area contributed by atoms with Crippen molar-refractivity contribution in [3.8, 4) is 11.1 Å². The summed E-state index contributed by atoms with van der Waals surface area (Å²) < 4.78 is -0.0414. The lowest BCUT2D eigenvalue weighted by molar-refractivity contribution is 0.972. The van der Waals surface area contributed by atoms with Crippen molar-refractivity contribution in [1.29, 1.82) is 0 Å². The lowest BCUT2D eigenvalue weighted by Crippen LogP contribution is -2.63. The molecule has 0 saturated heterocycles. The Morgan fingerprint density at radius 1 is 0.344 bits per heavy atom. The second kappa shape index (κ2) is 14.7. The Hall–Kier alpha value is -5.69. The summed E-state index contributed by atoms with van der Waals surface area (Å²) in [5.41, 5.74) is 20.7. The smallest absolute Gasteiger partial charge is 0.0579 e. The van der Waals surface area contributed by atoms with Crippen LogP contribution in [0.5, 0.6) is 0 Å². The van der Waals surface area contributed by atoms with Gasteiger partial charge in [0.15, 0.2) is 0 Å². The molecule has 61 heavy (non-hydrogen) atoms. The van der Waals surface area contributed by atoms with E-state index in [4.69, 9.17) is 0 Å². The van der Waals surface area contributed by atoms with Gasteiger partial charge in [0.25, 0.3) is 0 Å². The van der Waals surface area contributed by atoms with Crippen molar-refractivity contribution < 1.29 is 0 Å². The average Bonchev–Trinajstić information content (AvgIpc) is 3.55. The van der Waals surface area contributed by atoms with E-state index in [9.17, 15) is 0 Å². The number of anilines is 6. The van der Waals surface area contributed by atoms with Gasteiger partial charge in [-0.25, -0.2) is 0 Å². The van der Waals surface area contributed by atoms with Gasteiger partial charge in [-0.15, -0.1) is 0 Å². The lowest BCUT2D eigenvalue weighted by Gasteiger charge is -2.52. The number of aryl methyl sites for hydroxylation is 6. The fourth-order valence-corrected chi connectivity index (χ4v) is 24.2. The second-order valence-electron chi connectivity index (χ2n) is 20.0. The third-order valence-electron chi connectivity index (χ3n) is 13.6. The summed E-state index contributed by atoms with van der Waals surface area (Å²) in [6.45, 7) is 29.0. The molecule has 0 aromatic heterocycles. The van der Waals surface area contributed by atoms with E-state index in [1.807, 2.05) is 0 Å². The third kappa shape index (κ3) is 6.58. The van der Waals surface area contributed by atoms with Gasteiger partial charge in [-0.1, -0.05) is 135 Å². The maximum Gasteiger partial charge on any atom is 0.0579 e. The van der Waals surface area contributed by atoms with Gasteiger partial charge in [-0.05, 0) is 168 Å². The molecule has 0 saturated carbocycles. The SMILES string of the molecule is Cc1ccc(N(c2ccc3c4c(ccc3c2)-c2ccc3cc(N(c5ccc(C)cc5)c5cc(C)ccc5C)ccc3c2C4([Si](C)(C)C)[Si](C)(C)C)c2cc(C)ccc2C)cc1. The van der Waals surface area contributed by atoms with E-state index in [0.29, 0.717) is 0 Å². The second-order valence-corrected chi connectivity index (χ2v) is 31.0. The van der Waals surface area contributed by atoms with Crippen LogP contribution in [0.25, 0.3) is 32.7 Å². The summed E-state index contributed by atoms with van der Waals surface area (Å²) in [5.74, 6) is 0. The number of hydrogen-bond donors (Lipinski definition) is 0. The predicted octanol–water partition coefficient (Wildman–Crippen LogP) is 16.8. The van der Waals surface area contributed by atoms with E-state index in [0.717, 1.165) is 0 Å². The van der Waals surface area contributed by atoms with Crippen LogP contribution < -0.4 is 9.80 Å². The van der Waals surface area contributed by atoms with Crippen LogP contribution in [0.3, 0.4) is 0 Å². The van der Waals surface area contributed by atoms with Gasteiger partial charge in [-0.2, -0.15) is 0 Å². The summed E-state index contributed by atoms with van der Waals surface area (Å²) in [6.07, 6.45) is 0. The maximum atomic E-state index is 2.64. The Morgan fingerprint density at radius 3 is 1.05 bits per heavy atom. The van der Waals surface area contributed by atoms with Crippen molar-refractivity contribution in [1.82, 2.24) is 0 Å². The monoisotopic (exact) mass is 828 g/mol. The summed E-state index contributed by atoms with van der Waals surface area (Å²) >= 11 is 0. The van der Waals surface area contributed by atoms with E-state index >= 15 is 0 Å². The molecule has 0 amide bonds. The zero-order chi connectivity index (χ0) is 43.2. The van der Waals surface area contributed by atoms with Crippen molar-refractivity contribution in [3.63, 3.8) is 0 Å². The van der Waals surface area contributed by atoms with Crippen molar-refractivity contribution >= 4 is 71.8 Å². The highest BCUT2D eigenvalue weighted by atomic mass is 28.4. The lowest BCUT2D eigenvalue weighted by atomic mass is 9.97. The normalized spacial score (nSPS) is 13.4. The fraction of sp³-hybridized carbons (Fsp3) is 0.228. The molecule has 306 valence electrons. The minimum Gasteiger partial charge on any atom is -0.310 e. The largest absolute Gasteiger partial charge is 0.310 e. The molecule has 8 aromatic carbocycles. The summed E-state index contributed by atoms with van der Waals surface area (Å²) in [4.78, 5) is 4.91. The van der Waals surface area contributed by atoms with Crippen LogP contribution in [0.2, 0.25) is 39.3 Å². The zero-order valence-electron chi connectivity index (χ0n) is 38.3. The molecular weight excluding hydrogens is 769 g/mol. The van der Waals surface area contributed by atoms with Gasteiger partial charge >= 0.3 is 0 Å². The Kier molecular flexibility index (Phi) is 9.84. The van der Waals surface area contributed by atoms with Crippen LogP contribution in [0, 0.1) is 41.5 Å². The predicted molar refractivity (Wildman–Crippen MR) is 272 cm³/mol. The Labute approximate surface area is 366 Å². The van der Waals surface area contributed by atoms with Gasteiger partial charge in [0, 0.05) is 38.8 Å². The fourth-order valence-electron chi connectivity index (χ4n) is 11.1. The quantitative estimate of drug-likeness (QED) is 0.141. The van der Waals surface area contributed by atoms with Crippen LogP contribution in [0.1, 0.15) is 44.5 Å². The molecule has 1 aliphatic rings. The molecular formula is C57H60N2Si2. The van der Waals surface area contributed by atoms with E-state index in [1.165, 1.54) is 100 Å². The topological polar surface area (TPSA) is 6.48 Å². The minimum absolute atomic E-state index is 0.0414. The van der Waals surface area contributed by atoms with Crippen LogP contribution in [0.15, 0.2) is 146 Å². The molecule has 8 aromatic rings. The Balaban J connectivity index is 1.27. The van der Waals surface area contributed by atoms with Crippen LogP contribution in [0.4, 0.5) is 34.1 Å². The van der Waals surface area contributed by atoms with Crippen LogP contribution in [-0.4, -0.2) is 16.1 Å². The standard InChI is InChI=1S/C57H60N2Si2/c1-37-15-23-45(24-16-37)58(53-33-39(3)13-19-41(53)5)47-27-31-49-43(35-47)21-29-51-52-30-22-44-36-48(28-32-50(44)56(52)57(55(49)51,60(7,8)9)61(10,11)12)59(46-25-17-38(2)18-26-46)54-34-40(4)14-20-42(54)6/h13-36H,1-12H3. The molecule has 0 unspecified atom stereocenters. The van der Waals surface area contributed by atoms with Gasteiger partial charge in [0.2, 0.25) is 0 Å². The molecule has 0 bridgehead atoms. The minimum atomic E-state index is -2.03. The van der Waals surface area contributed by atoms with E-state index in [-0.39, 0.29) is 4.66 Å². The molecule has 0 aliphatic heterocycles. The molecule has 9 rings (SSSR count). The highest BCUT2D eigenvalue weighted by Crippen LogP contribution is 2.61. The van der Waals surface area contributed by atoms with Crippen molar-refractivity contribution in [2.75, 3.05) is 9.80 Å². The van der Waals surface area contributed by atoms with Gasteiger partial charge in [0.05, 0.1) is 16.1 Å². The number of rotatable bonds is 8. The first-order chi connectivity index (χ1) is 29.0. The van der Waals surface area contributed by atoms with Gasteiger partial charge < -0.3 is 9.80 Å². The van der Waals surface area contributed by atoms with Crippen molar-refractivity contribution in [2.24, 2.45) is 0 Å². The number of hydrogen-bond acceptors (Lipinski definition) is 2. The Morgan fingerprint density at radius 2 is 0.689 bits per heavy atom. The summed E-state index contributed by atoms with van der Waals surface area (Å²) in [7, 11) is -4.05. The molecule has 2 nitrogen and oxygen atoms in total. The molecule has 1 aliphatic carbocycles. The van der Waals surface area contributed by atoms with Gasteiger partial charge in [0.1, 0.15) is 0 Å². The molecule has 0 heterocycles. The zero-order valence-corrected chi connectivity index (χ0v) is 40.3. The number of nitrogens with zero attached hydrogens (tertiary/aromatic N) is 2. The summed E-state index contributed by atoms with van der Waals surface area (Å²) in [5, 5.41) is 5.41. The molecule has 0 N–H and O–H groups in total. The first-order valence-corrected chi connectivity index (χ1v) is 29.0. The van der Waals surface area contributed by atoms with E-state index < -0.39 is 16.1 Å². The number of benzene rings is 8. The van der Waals surface area contributed by atoms with Gasteiger partial charge in [-0.3, -0.25) is 0 Å². The van der Waals surface area contributed by atoms with E-state index in [1.54, 1.807) is 11.1 Å². The van der Waals surface area contributed by atoms with Crippen molar-refractivity contribution in [2.45, 2.75) is 85.5 Å². The molecule has 0 atom stereocenters. The van der Waals surface area contributed by atoms with Crippen LogP contribution in [-0.2, 0) is 4.66 Å². The number of fused-ring (bicyclic) bond motifs is 7. The first-order valence-electron chi connectivity index (χ1n) is 22.0. The molecule has 0 fully saturated rings. The first kappa shape index (κ1) is 40.7. The highest BCUT2D eigenvalue weighted by molar-refractivity contribution is 7.00. The summed E-state index contributed by atoms with van der Waals surface area (Å²) in [6, 6.07) is 56.0. The maximum absolute atomic E-state index is 2.64. The molecule has 0 spiro atoms.